The molecule has 14 heteroatoms. The number of benzene rings is 3. The number of aliphatic hydroxyl groups is 1. The van der Waals surface area contributed by atoms with Gasteiger partial charge in [-0.15, -0.1) is 0 Å². The van der Waals surface area contributed by atoms with Crippen molar-refractivity contribution in [2.45, 2.75) is 18.4 Å². The van der Waals surface area contributed by atoms with Gasteiger partial charge in [0.1, 0.15) is 5.75 Å². The lowest BCUT2D eigenvalue weighted by molar-refractivity contribution is -0.137. The Morgan fingerprint density at radius 1 is 0.919 bits per heavy atom. The molecule has 1 atom stereocenters. The first-order valence-corrected chi connectivity index (χ1v) is 11.4. The molecule has 0 amide bonds. The first kappa shape index (κ1) is 26.6. The molecule has 8 nitrogen and oxygen atoms in total. The van der Waals surface area contributed by atoms with Crippen LogP contribution in [0.5, 0.6) is 23.0 Å². The molecule has 6 N–H and O–H groups in total. The first-order chi connectivity index (χ1) is 17.2. The monoisotopic (exact) mass is 573 g/mol. The van der Waals surface area contributed by atoms with Crippen molar-refractivity contribution >= 4 is 52.1 Å². The Labute approximate surface area is 222 Å². The number of aromatic hydroxyl groups is 4. The fourth-order valence-electron chi connectivity index (χ4n) is 3.69. The Morgan fingerprint density at radius 2 is 1.49 bits per heavy atom. The van der Waals surface area contributed by atoms with Crippen LogP contribution in [0.4, 0.5) is 18.9 Å². The van der Waals surface area contributed by atoms with Crippen molar-refractivity contribution in [3.05, 3.63) is 75.3 Å². The van der Waals surface area contributed by atoms with Crippen LogP contribution in [0, 0.1) is 0 Å². The topological polar surface area (TPSA) is 129 Å². The smallest absolute Gasteiger partial charge is 0.416 e. The summed E-state index contributed by atoms with van der Waals surface area (Å²) in [5.74, 6) is -2.74. The number of phenols is 4. The zero-order valence-corrected chi connectivity index (χ0v) is 20.6. The highest BCUT2D eigenvalue weighted by Crippen LogP contribution is 2.46. The number of nitrogens with zero attached hydrogens (tertiary/aromatic N) is 2. The number of halogens is 5. The summed E-state index contributed by atoms with van der Waals surface area (Å²) in [5, 5.41) is 54.5. The third-order valence-electron chi connectivity index (χ3n) is 5.51. The lowest BCUT2D eigenvalue weighted by Crippen LogP contribution is -2.47. The summed E-state index contributed by atoms with van der Waals surface area (Å²) < 4.78 is 38.6. The first-order valence-electron chi connectivity index (χ1n) is 10.2. The van der Waals surface area contributed by atoms with Crippen molar-refractivity contribution < 1.29 is 38.7 Å². The van der Waals surface area contributed by atoms with E-state index < -0.39 is 40.5 Å². The van der Waals surface area contributed by atoms with E-state index in [1.807, 2.05) is 0 Å². The molecule has 1 unspecified atom stereocenters. The van der Waals surface area contributed by atoms with Gasteiger partial charge in [-0.2, -0.15) is 13.2 Å². The normalized spacial score (nSPS) is 18.9. The average Bonchev–Trinajstić information content (AvgIpc) is 3.07. The maximum atomic E-state index is 12.9. The van der Waals surface area contributed by atoms with Crippen LogP contribution in [-0.4, -0.2) is 36.5 Å². The van der Waals surface area contributed by atoms with E-state index in [1.54, 1.807) is 0 Å². The predicted octanol–water partition coefficient (Wildman–Crippen LogP) is 4.97. The standard InChI is InChI=1S/C23H16Cl2F3N3O5S/c24-14-5-12(6-15(25)19(14)35)31-21(37)30-20(22(31,36)13-7-17(33)18(34)8-16(13)32)29-9-10-1-3-11(4-2-10)23(26,27)28/h1-8,32-36H,9H2,(H,29,30,37). The van der Waals surface area contributed by atoms with E-state index in [0.29, 0.717) is 5.56 Å². The van der Waals surface area contributed by atoms with Crippen LogP contribution < -0.4 is 10.2 Å². The van der Waals surface area contributed by atoms with Crippen molar-refractivity contribution in [2.75, 3.05) is 4.90 Å². The SMILES string of the molecule is Oc1cc(O)c(C2(O)C(=NCc3ccc(C(F)(F)F)cc3)NC(=S)N2c2cc(Cl)c(O)c(Cl)c2)cc1O. The van der Waals surface area contributed by atoms with Gasteiger partial charge in [-0.05, 0) is 48.1 Å². The van der Waals surface area contributed by atoms with Crippen LogP contribution in [0.15, 0.2) is 53.5 Å². The zero-order chi connectivity index (χ0) is 27.3. The van der Waals surface area contributed by atoms with Gasteiger partial charge in [0.05, 0.1) is 33.4 Å². The summed E-state index contributed by atoms with van der Waals surface area (Å²) >= 11 is 17.5. The third-order valence-corrected chi connectivity index (χ3v) is 6.37. The molecule has 1 fully saturated rings. The third kappa shape index (κ3) is 4.80. The molecule has 0 bridgehead atoms. The number of rotatable bonds is 4. The van der Waals surface area contributed by atoms with E-state index >= 15 is 0 Å². The highest BCUT2D eigenvalue weighted by atomic mass is 35.5. The number of phenolic OH excluding ortho intramolecular Hbond substituents is 4. The quantitative estimate of drug-likeness (QED) is 0.146. The molecule has 3 aromatic carbocycles. The van der Waals surface area contributed by atoms with Crippen LogP contribution in [-0.2, 0) is 18.4 Å². The van der Waals surface area contributed by atoms with Gasteiger partial charge in [0.2, 0.25) is 5.72 Å². The summed E-state index contributed by atoms with van der Waals surface area (Å²) in [6.45, 7) is -0.221. The van der Waals surface area contributed by atoms with Gasteiger partial charge in [-0.25, -0.2) is 0 Å². The molecular weight excluding hydrogens is 558 g/mol. The van der Waals surface area contributed by atoms with Gasteiger partial charge < -0.3 is 30.8 Å². The number of aliphatic imine (C=N–C) groups is 1. The molecule has 1 aliphatic rings. The molecule has 37 heavy (non-hydrogen) atoms. The zero-order valence-electron chi connectivity index (χ0n) is 18.3. The molecule has 4 rings (SSSR count). The Hall–Kier alpha value is -3.45. The fourth-order valence-corrected chi connectivity index (χ4v) is 4.50. The van der Waals surface area contributed by atoms with Crippen molar-refractivity contribution in [1.29, 1.82) is 0 Å². The molecule has 1 aliphatic heterocycles. The lowest BCUT2D eigenvalue weighted by Gasteiger charge is -2.34. The molecule has 0 aliphatic carbocycles. The molecule has 0 spiro atoms. The Bertz CT molecular complexity index is 1410. The summed E-state index contributed by atoms with van der Waals surface area (Å²) in [7, 11) is 0. The van der Waals surface area contributed by atoms with E-state index in [-0.39, 0.29) is 38.8 Å². The van der Waals surface area contributed by atoms with Gasteiger partial charge in [-0.3, -0.25) is 9.89 Å². The van der Waals surface area contributed by atoms with E-state index in [2.05, 4.69) is 10.3 Å². The number of nitrogens with one attached hydrogen (secondary N) is 1. The molecule has 0 saturated carbocycles. The molecule has 194 valence electrons. The number of hydrogen-bond donors (Lipinski definition) is 6. The average molecular weight is 574 g/mol. The second-order valence-corrected chi connectivity index (χ2v) is 9.11. The van der Waals surface area contributed by atoms with Crippen molar-refractivity contribution in [1.82, 2.24) is 5.32 Å². The second-order valence-electron chi connectivity index (χ2n) is 7.91. The molecular formula is C23H16Cl2F3N3O5S. The Morgan fingerprint density at radius 3 is 2.05 bits per heavy atom. The minimum atomic E-state index is -4.52. The minimum absolute atomic E-state index is 0.0412. The van der Waals surface area contributed by atoms with Crippen LogP contribution >= 0.6 is 35.4 Å². The van der Waals surface area contributed by atoms with E-state index in [0.717, 1.165) is 29.2 Å². The molecule has 0 radical (unpaired) electrons. The van der Waals surface area contributed by atoms with Crippen LogP contribution in [0.3, 0.4) is 0 Å². The summed E-state index contributed by atoms with van der Waals surface area (Å²) in [6, 6.07) is 8.28. The Kier molecular flexibility index (Phi) is 6.80. The number of hydrogen-bond acceptors (Lipinski definition) is 7. The van der Waals surface area contributed by atoms with Gasteiger partial charge >= 0.3 is 6.18 Å². The fraction of sp³-hybridized carbons (Fsp3) is 0.130. The van der Waals surface area contributed by atoms with Gasteiger partial charge in [0.15, 0.2) is 28.2 Å². The number of alkyl halides is 3. The van der Waals surface area contributed by atoms with Gasteiger partial charge in [-0.1, -0.05) is 35.3 Å². The van der Waals surface area contributed by atoms with Crippen molar-refractivity contribution in [3.8, 4) is 23.0 Å². The molecule has 0 aromatic heterocycles. The maximum absolute atomic E-state index is 12.9. The van der Waals surface area contributed by atoms with Crippen molar-refractivity contribution in [2.24, 2.45) is 4.99 Å². The van der Waals surface area contributed by atoms with E-state index in [1.165, 1.54) is 24.3 Å². The molecule has 1 heterocycles. The number of thiocarbonyl (C=S) groups is 1. The summed E-state index contributed by atoms with van der Waals surface area (Å²) in [5.41, 5.74) is -3.29. The summed E-state index contributed by atoms with van der Waals surface area (Å²) in [6.07, 6.45) is -4.52. The minimum Gasteiger partial charge on any atom is -0.507 e. The van der Waals surface area contributed by atoms with Gasteiger partial charge in [0, 0.05) is 6.07 Å². The second kappa shape index (κ2) is 9.45. The van der Waals surface area contributed by atoms with Crippen molar-refractivity contribution in [3.63, 3.8) is 0 Å². The van der Waals surface area contributed by atoms with E-state index in [9.17, 15) is 38.7 Å². The lowest BCUT2D eigenvalue weighted by atomic mass is 9.98. The van der Waals surface area contributed by atoms with Crippen LogP contribution in [0.2, 0.25) is 10.0 Å². The number of anilines is 1. The van der Waals surface area contributed by atoms with E-state index in [4.69, 9.17) is 35.4 Å². The van der Waals surface area contributed by atoms with Crippen LogP contribution in [0.1, 0.15) is 16.7 Å². The predicted molar refractivity (Wildman–Crippen MR) is 134 cm³/mol. The Balaban J connectivity index is 1.85. The van der Waals surface area contributed by atoms with Gasteiger partial charge in [0.25, 0.3) is 0 Å². The highest BCUT2D eigenvalue weighted by Gasteiger charge is 2.52. The van der Waals surface area contributed by atoms with Crippen LogP contribution in [0.25, 0.3) is 0 Å². The highest BCUT2D eigenvalue weighted by molar-refractivity contribution is 7.80. The summed E-state index contributed by atoms with van der Waals surface area (Å²) in [4.78, 5) is 5.31. The maximum Gasteiger partial charge on any atom is 0.416 e. The molecule has 1 saturated heterocycles. The molecule has 3 aromatic rings. The largest absolute Gasteiger partial charge is 0.507 e. The number of amidine groups is 1.